The minimum atomic E-state index is 0.588. The first-order valence-corrected chi connectivity index (χ1v) is 8.95. The summed E-state index contributed by atoms with van der Waals surface area (Å²) in [6.07, 6.45) is 1.13. The zero-order chi connectivity index (χ0) is 18.1. The fraction of sp³-hybridized carbons (Fsp3) is 0.632. The Hall–Kier alpha value is -1.79. The SMILES string of the molecule is CN=C(NCc1ccccc1OCCN(C)C)N(C)CC1CCOC1. The van der Waals surface area contributed by atoms with Crippen LogP contribution in [0.3, 0.4) is 0 Å². The Morgan fingerprint density at radius 2 is 2.12 bits per heavy atom. The van der Waals surface area contributed by atoms with Gasteiger partial charge < -0.3 is 24.6 Å². The lowest BCUT2D eigenvalue weighted by atomic mass is 10.1. The molecule has 0 amide bonds. The third-order valence-electron chi connectivity index (χ3n) is 4.34. The van der Waals surface area contributed by atoms with Crippen molar-refractivity contribution in [3.8, 4) is 5.75 Å². The van der Waals surface area contributed by atoms with Gasteiger partial charge in [-0.1, -0.05) is 18.2 Å². The second-order valence-electron chi connectivity index (χ2n) is 6.77. The molecule has 2 rings (SSSR count). The molecule has 1 aromatic carbocycles. The van der Waals surface area contributed by atoms with Crippen molar-refractivity contribution in [1.82, 2.24) is 15.1 Å². The van der Waals surface area contributed by atoms with E-state index in [0.29, 0.717) is 19.1 Å². The molecule has 1 heterocycles. The molecule has 0 aromatic heterocycles. The number of benzene rings is 1. The quantitative estimate of drug-likeness (QED) is 0.572. The number of para-hydroxylation sites is 1. The summed E-state index contributed by atoms with van der Waals surface area (Å²) in [5.74, 6) is 2.42. The Bertz CT molecular complexity index is 542. The van der Waals surface area contributed by atoms with Gasteiger partial charge in [-0.25, -0.2) is 0 Å². The Morgan fingerprint density at radius 1 is 1.32 bits per heavy atom. The summed E-state index contributed by atoms with van der Waals surface area (Å²) < 4.78 is 11.4. The molecule has 1 saturated heterocycles. The van der Waals surface area contributed by atoms with Crippen molar-refractivity contribution in [2.45, 2.75) is 13.0 Å². The molecule has 0 bridgehead atoms. The average Bonchev–Trinajstić information content (AvgIpc) is 3.09. The van der Waals surface area contributed by atoms with Gasteiger partial charge in [-0.3, -0.25) is 4.99 Å². The number of hydrogen-bond donors (Lipinski definition) is 1. The van der Waals surface area contributed by atoms with Crippen molar-refractivity contribution >= 4 is 5.96 Å². The van der Waals surface area contributed by atoms with E-state index < -0.39 is 0 Å². The second-order valence-corrected chi connectivity index (χ2v) is 6.77. The number of ether oxygens (including phenoxy) is 2. The second kappa shape index (κ2) is 10.3. The fourth-order valence-electron chi connectivity index (χ4n) is 2.89. The van der Waals surface area contributed by atoms with Crippen LogP contribution < -0.4 is 10.1 Å². The van der Waals surface area contributed by atoms with E-state index in [1.807, 2.05) is 39.3 Å². The first-order valence-electron chi connectivity index (χ1n) is 8.95. The van der Waals surface area contributed by atoms with E-state index in [1.165, 1.54) is 0 Å². The fourth-order valence-corrected chi connectivity index (χ4v) is 2.89. The standard InChI is InChI=1S/C19H32N4O2/c1-20-19(23(4)14-16-9-11-24-15-16)21-13-17-7-5-6-8-18(17)25-12-10-22(2)3/h5-8,16H,9-15H2,1-4H3,(H,20,21). The van der Waals surface area contributed by atoms with E-state index >= 15 is 0 Å². The van der Waals surface area contributed by atoms with Crippen LogP contribution in [0.5, 0.6) is 5.75 Å². The molecular weight excluding hydrogens is 316 g/mol. The van der Waals surface area contributed by atoms with Crippen LogP contribution in [0, 0.1) is 5.92 Å². The van der Waals surface area contributed by atoms with Crippen molar-refractivity contribution in [3.63, 3.8) is 0 Å². The van der Waals surface area contributed by atoms with E-state index in [0.717, 1.165) is 50.0 Å². The molecule has 1 unspecified atom stereocenters. The predicted octanol–water partition coefficient (Wildman–Crippen LogP) is 1.67. The molecule has 6 heteroatoms. The largest absolute Gasteiger partial charge is 0.492 e. The maximum atomic E-state index is 5.93. The van der Waals surface area contributed by atoms with Gasteiger partial charge in [0.2, 0.25) is 0 Å². The highest BCUT2D eigenvalue weighted by Crippen LogP contribution is 2.18. The number of guanidine groups is 1. The van der Waals surface area contributed by atoms with Gasteiger partial charge in [0.25, 0.3) is 0 Å². The van der Waals surface area contributed by atoms with Crippen LogP contribution in [-0.4, -0.2) is 76.9 Å². The van der Waals surface area contributed by atoms with Gasteiger partial charge in [-0.2, -0.15) is 0 Å². The highest BCUT2D eigenvalue weighted by atomic mass is 16.5. The Kier molecular flexibility index (Phi) is 8.01. The smallest absolute Gasteiger partial charge is 0.193 e. The molecule has 6 nitrogen and oxygen atoms in total. The van der Waals surface area contributed by atoms with Crippen LogP contribution in [0.15, 0.2) is 29.3 Å². The summed E-state index contributed by atoms with van der Waals surface area (Å²) in [4.78, 5) is 8.69. The molecule has 25 heavy (non-hydrogen) atoms. The molecule has 0 radical (unpaired) electrons. The van der Waals surface area contributed by atoms with Crippen LogP contribution in [0.4, 0.5) is 0 Å². The number of nitrogens with one attached hydrogen (secondary N) is 1. The summed E-state index contributed by atoms with van der Waals surface area (Å²) in [6, 6.07) is 8.17. The highest BCUT2D eigenvalue weighted by molar-refractivity contribution is 5.79. The van der Waals surface area contributed by atoms with Crippen LogP contribution in [0.25, 0.3) is 0 Å². The molecule has 1 aromatic rings. The van der Waals surface area contributed by atoms with E-state index in [1.54, 1.807) is 0 Å². The van der Waals surface area contributed by atoms with Crippen molar-refractivity contribution in [2.75, 3.05) is 61.1 Å². The number of aliphatic imine (C=N–C) groups is 1. The molecule has 0 aliphatic carbocycles. The lowest BCUT2D eigenvalue weighted by Gasteiger charge is -2.25. The molecule has 1 N–H and O–H groups in total. The molecular formula is C19H32N4O2. The van der Waals surface area contributed by atoms with Crippen LogP contribution in [0.1, 0.15) is 12.0 Å². The van der Waals surface area contributed by atoms with Gasteiger partial charge in [-0.05, 0) is 26.6 Å². The summed E-state index contributed by atoms with van der Waals surface area (Å²) in [7, 11) is 7.99. The van der Waals surface area contributed by atoms with Gasteiger partial charge in [0.05, 0.1) is 6.61 Å². The third-order valence-corrected chi connectivity index (χ3v) is 4.34. The molecule has 140 valence electrons. The summed E-state index contributed by atoms with van der Waals surface area (Å²) >= 11 is 0. The monoisotopic (exact) mass is 348 g/mol. The van der Waals surface area contributed by atoms with Crippen molar-refractivity contribution in [3.05, 3.63) is 29.8 Å². The minimum Gasteiger partial charge on any atom is -0.492 e. The molecule has 1 aliphatic rings. The Labute approximate surface area is 151 Å². The summed E-state index contributed by atoms with van der Waals surface area (Å²) in [6.45, 7) is 4.96. The first kappa shape index (κ1) is 19.5. The molecule has 0 spiro atoms. The van der Waals surface area contributed by atoms with Crippen molar-refractivity contribution in [2.24, 2.45) is 10.9 Å². The minimum absolute atomic E-state index is 0.588. The third kappa shape index (κ3) is 6.55. The van der Waals surface area contributed by atoms with E-state index in [4.69, 9.17) is 9.47 Å². The number of nitrogens with zero attached hydrogens (tertiary/aromatic N) is 3. The molecule has 1 fully saturated rings. The normalized spacial score (nSPS) is 17.8. The molecule has 1 atom stereocenters. The maximum absolute atomic E-state index is 5.93. The maximum Gasteiger partial charge on any atom is 0.193 e. The van der Waals surface area contributed by atoms with E-state index in [-0.39, 0.29) is 0 Å². The van der Waals surface area contributed by atoms with E-state index in [2.05, 4.69) is 33.2 Å². The number of hydrogen-bond acceptors (Lipinski definition) is 4. The van der Waals surface area contributed by atoms with Crippen molar-refractivity contribution in [1.29, 1.82) is 0 Å². The Balaban J connectivity index is 1.87. The lowest BCUT2D eigenvalue weighted by molar-refractivity contribution is 0.181. The lowest BCUT2D eigenvalue weighted by Crippen LogP contribution is -2.41. The van der Waals surface area contributed by atoms with Crippen molar-refractivity contribution < 1.29 is 9.47 Å². The average molecular weight is 348 g/mol. The van der Waals surface area contributed by atoms with Crippen LogP contribution in [0.2, 0.25) is 0 Å². The van der Waals surface area contributed by atoms with Gasteiger partial charge in [0.15, 0.2) is 5.96 Å². The van der Waals surface area contributed by atoms with E-state index in [9.17, 15) is 0 Å². The number of rotatable bonds is 8. The number of likely N-dealkylation sites (N-methyl/N-ethyl adjacent to an activating group) is 1. The van der Waals surface area contributed by atoms with Gasteiger partial charge in [-0.15, -0.1) is 0 Å². The molecule has 0 saturated carbocycles. The van der Waals surface area contributed by atoms with Crippen LogP contribution in [-0.2, 0) is 11.3 Å². The summed E-state index contributed by atoms with van der Waals surface area (Å²) in [5.41, 5.74) is 1.14. The predicted molar refractivity (Wildman–Crippen MR) is 102 cm³/mol. The summed E-state index contributed by atoms with van der Waals surface area (Å²) in [5, 5.41) is 3.44. The zero-order valence-electron chi connectivity index (χ0n) is 16.0. The Morgan fingerprint density at radius 3 is 2.80 bits per heavy atom. The first-order chi connectivity index (χ1) is 12.1. The van der Waals surface area contributed by atoms with Crippen LogP contribution >= 0.6 is 0 Å². The van der Waals surface area contributed by atoms with Gasteiger partial charge in [0.1, 0.15) is 12.4 Å². The van der Waals surface area contributed by atoms with Gasteiger partial charge >= 0.3 is 0 Å². The topological polar surface area (TPSA) is 49.3 Å². The highest BCUT2D eigenvalue weighted by Gasteiger charge is 2.19. The molecule has 1 aliphatic heterocycles. The zero-order valence-corrected chi connectivity index (χ0v) is 16.0. The van der Waals surface area contributed by atoms with Gasteiger partial charge in [0, 0.05) is 51.8 Å².